The number of hydrogen-bond donors (Lipinski definition) is 1. The summed E-state index contributed by atoms with van der Waals surface area (Å²) in [5, 5.41) is 3.56. The Balaban J connectivity index is 2.16. The Kier molecular flexibility index (Phi) is 6.32. The first-order chi connectivity index (χ1) is 7.63. The fourth-order valence-electron chi connectivity index (χ4n) is 1.96. The van der Waals surface area contributed by atoms with E-state index in [1.807, 2.05) is 0 Å². The summed E-state index contributed by atoms with van der Waals surface area (Å²) < 4.78 is 5.66. The Hall–Kier alpha value is -0.120. The molecule has 3 unspecified atom stereocenters. The fraction of sp³-hybridized carbons (Fsp3) is 1.00. The van der Waals surface area contributed by atoms with Crippen LogP contribution in [0.25, 0.3) is 0 Å². The van der Waals surface area contributed by atoms with E-state index in [0.717, 1.165) is 19.7 Å². The number of nitrogens with zero attached hydrogens (tertiary/aromatic N) is 1. The van der Waals surface area contributed by atoms with Crippen LogP contribution in [0.5, 0.6) is 0 Å². The fourth-order valence-corrected chi connectivity index (χ4v) is 1.96. The van der Waals surface area contributed by atoms with E-state index in [2.05, 4.69) is 38.0 Å². The summed E-state index contributed by atoms with van der Waals surface area (Å²) in [5.41, 5.74) is 0. The largest absolute Gasteiger partial charge is 0.377 e. The van der Waals surface area contributed by atoms with Crippen LogP contribution in [-0.2, 0) is 4.74 Å². The molecule has 0 radical (unpaired) electrons. The highest BCUT2D eigenvalue weighted by Crippen LogP contribution is 2.13. The molecule has 1 saturated heterocycles. The normalized spacial score (nSPS) is 24.9. The summed E-state index contributed by atoms with van der Waals surface area (Å²) in [6.45, 7) is 9.84. The zero-order valence-electron chi connectivity index (χ0n) is 11.3. The molecule has 1 aliphatic heterocycles. The highest BCUT2D eigenvalue weighted by Gasteiger charge is 2.19. The van der Waals surface area contributed by atoms with Crippen molar-refractivity contribution in [2.24, 2.45) is 0 Å². The first kappa shape index (κ1) is 13.9. The third-order valence-electron chi connectivity index (χ3n) is 3.64. The predicted octanol–water partition coefficient (Wildman–Crippen LogP) is 1.87. The van der Waals surface area contributed by atoms with Crippen LogP contribution in [-0.4, -0.2) is 49.8 Å². The first-order valence-electron chi connectivity index (χ1n) is 6.68. The Labute approximate surface area is 101 Å². The summed E-state index contributed by atoms with van der Waals surface area (Å²) in [6, 6.07) is 1.21. The molecule has 0 saturated carbocycles. The molecule has 0 aliphatic carbocycles. The zero-order valence-corrected chi connectivity index (χ0v) is 11.3. The molecule has 1 fully saturated rings. The highest BCUT2D eigenvalue weighted by atomic mass is 16.5. The number of ether oxygens (including phenoxy) is 1. The lowest BCUT2D eigenvalue weighted by atomic mass is 10.2. The molecular weight excluding hydrogens is 200 g/mol. The van der Waals surface area contributed by atoms with Crippen LogP contribution in [0.15, 0.2) is 0 Å². The van der Waals surface area contributed by atoms with Crippen molar-refractivity contribution in [3.8, 4) is 0 Å². The smallest absolute Gasteiger partial charge is 0.0702 e. The van der Waals surface area contributed by atoms with Crippen LogP contribution < -0.4 is 5.32 Å². The number of likely N-dealkylation sites (N-methyl/N-ethyl adjacent to an activating group) is 1. The van der Waals surface area contributed by atoms with E-state index in [4.69, 9.17) is 4.74 Å². The molecule has 1 aliphatic rings. The minimum atomic E-state index is 0.469. The van der Waals surface area contributed by atoms with Gasteiger partial charge in [-0.25, -0.2) is 0 Å². The molecule has 1 rings (SSSR count). The van der Waals surface area contributed by atoms with Gasteiger partial charge < -0.3 is 10.1 Å². The van der Waals surface area contributed by atoms with Crippen LogP contribution in [0, 0.1) is 0 Å². The number of nitrogens with one attached hydrogen (secondary N) is 1. The second-order valence-electron chi connectivity index (χ2n) is 5.14. The van der Waals surface area contributed by atoms with Crippen molar-refractivity contribution in [1.29, 1.82) is 0 Å². The van der Waals surface area contributed by atoms with Gasteiger partial charge in [-0.05, 0) is 40.2 Å². The average molecular weight is 228 g/mol. The van der Waals surface area contributed by atoms with Crippen LogP contribution >= 0.6 is 0 Å². The van der Waals surface area contributed by atoms with Crippen molar-refractivity contribution < 1.29 is 4.74 Å². The predicted molar refractivity (Wildman–Crippen MR) is 68.8 cm³/mol. The third kappa shape index (κ3) is 4.81. The maximum atomic E-state index is 5.66. The van der Waals surface area contributed by atoms with E-state index in [9.17, 15) is 0 Å². The number of hydrogen-bond acceptors (Lipinski definition) is 3. The number of rotatable bonds is 7. The van der Waals surface area contributed by atoms with Crippen LogP contribution in [0.4, 0.5) is 0 Å². The van der Waals surface area contributed by atoms with E-state index in [1.54, 1.807) is 0 Å². The monoisotopic (exact) mass is 228 g/mol. The maximum absolute atomic E-state index is 5.66. The molecule has 3 atom stereocenters. The maximum Gasteiger partial charge on any atom is 0.0702 e. The molecular formula is C13H28N2O. The van der Waals surface area contributed by atoms with E-state index in [-0.39, 0.29) is 0 Å². The van der Waals surface area contributed by atoms with Gasteiger partial charge in [0.2, 0.25) is 0 Å². The molecule has 3 nitrogen and oxygen atoms in total. The highest BCUT2D eigenvalue weighted by molar-refractivity contribution is 4.74. The molecule has 1 N–H and O–H groups in total. The Bertz CT molecular complexity index is 181. The van der Waals surface area contributed by atoms with E-state index >= 15 is 0 Å². The molecule has 0 bridgehead atoms. The lowest BCUT2D eigenvalue weighted by Crippen LogP contribution is -2.43. The summed E-state index contributed by atoms with van der Waals surface area (Å²) in [7, 11) is 2.20. The van der Waals surface area contributed by atoms with E-state index < -0.39 is 0 Å². The van der Waals surface area contributed by atoms with Gasteiger partial charge in [0.25, 0.3) is 0 Å². The Morgan fingerprint density at radius 3 is 2.75 bits per heavy atom. The lowest BCUT2D eigenvalue weighted by molar-refractivity contribution is 0.0700. The van der Waals surface area contributed by atoms with E-state index in [1.165, 1.54) is 19.3 Å². The summed E-state index contributed by atoms with van der Waals surface area (Å²) in [4.78, 5) is 2.41. The minimum absolute atomic E-state index is 0.469. The second-order valence-corrected chi connectivity index (χ2v) is 5.14. The van der Waals surface area contributed by atoms with Gasteiger partial charge in [-0.15, -0.1) is 0 Å². The van der Waals surface area contributed by atoms with Crippen molar-refractivity contribution >= 4 is 0 Å². The topological polar surface area (TPSA) is 24.5 Å². The van der Waals surface area contributed by atoms with Gasteiger partial charge in [0.15, 0.2) is 0 Å². The quantitative estimate of drug-likeness (QED) is 0.720. The van der Waals surface area contributed by atoms with Crippen molar-refractivity contribution in [1.82, 2.24) is 10.2 Å². The molecule has 1 heterocycles. The zero-order chi connectivity index (χ0) is 12.0. The van der Waals surface area contributed by atoms with Gasteiger partial charge in [0, 0.05) is 31.8 Å². The van der Waals surface area contributed by atoms with Crippen LogP contribution in [0.3, 0.4) is 0 Å². The van der Waals surface area contributed by atoms with E-state index in [0.29, 0.717) is 18.2 Å². The summed E-state index contributed by atoms with van der Waals surface area (Å²) in [5.74, 6) is 0. The molecule has 0 aromatic heterocycles. The Morgan fingerprint density at radius 1 is 1.44 bits per heavy atom. The summed E-state index contributed by atoms with van der Waals surface area (Å²) in [6.07, 6.45) is 4.13. The van der Waals surface area contributed by atoms with Crippen molar-refractivity contribution in [3.63, 3.8) is 0 Å². The van der Waals surface area contributed by atoms with Gasteiger partial charge in [0.1, 0.15) is 0 Å². The van der Waals surface area contributed by atoms with Crippen LogP contribution in [0.1, 0.15) is 40.0 Å². The van der Waals surface area contributed by atoms with Crippen molar-refractivity contribution in [3.05, 3.63) is 0 Å². The molecule has 96 valence electrons. The summed E-state index contributed by atoms with van der Waals surface area (Å²) >= 11 is 0. The van der Waals surface area contributed by atoms with Gasteiger partial charge in [0.05, 0.1) is 6.10 Å². The lowest BCUT2D eigenvalue weighted by Gasteiger charge is -2.28. The van der Waals surface area contributed by atoms with Crippen molar-refractivity contribution in [2.45, 2.75) is 58.2 Å². The minimum Gasteiger partial charge on any atom is -0.377 e. The van der Waals surface area contributed by atoms with Crippen molar-refractivity contribution in [2.75, 3.05) is 26.7 Å². The molecule has 0 amide bonds. The molecule has 3 heteroatoms. The standard InChI is InChI=1S/C13H28N2O/c1-5-11(2)14-9-12(3)15(4)10-13-7-6-8-16-13/h11-14H,5-10H2,1-4H3. The van der Waals surface area contributed by atoms with Gasteiger partial charge in [-0.3, -0.25) is 4.90 Å². The molecule has 16 heavy (non-hydrogen) atoms. The van der Waals surface area contributed by atoms with Gasteiger partial charge >= 0.3 is 0 Å². The average Bonchev–Trinajstić information content (AvgIpc) is 2.77. The Morgan fingerprint density at radius 2 is 2.19 bits per heavy atom. The van der Waals surface area contributed by atoms with Gasteiger partial charge in [-0.1, -0.05) is 6.92 Å². The molecule has 0 aromatic rings. The van der Waals surface area contributed by atoms with Gasteiger partial charge in [-0.2, -0.15) is 0 Å². The first-order valence-corrected chi connectivity index (χ1v) is 6.68. The third-order valence-corrected chi connectivity index (χ3v) is 3.64. The van der Waals surface area contributed by atoms with Crippen LogP contribution in [0.2, 0.25) is 0 Å². The molecule has 0 aromatic carbocycles. The molecule has 0 spiro atoms. The second kappa shape index (κ2) is 7.25. The SMILES string of the molecule is CCC(C)NCC(C)N(C)CC1CCCO1.